The molecule has 0 spiro atoms. The van der Waals surface area contributed by atoms with E-state index in [-0.39, 0.29) is 0 Å². The van der Waals surface area contributed by atoms with Crippen LogP contribution >= 0.6 is 11.3 Å². The maximum absolute atomic E-state index is 5.42. The summed E-state index contributed by atoms with van der Waals surface area (Å²) < 4.78 is 1.72. The quantitative estimate of drug-likeness (QED) is 0.749. The van der Waals surface area contributed by atoms with Crippen LogP contribution < -0.4 is 5.73 Å². The number of nitrogens with zero attached hydrogens (tertiary/aromatic N) is 3. The number of anilines is 1. The van der Waals surface area contributed by atoms with Crippen molar-refractivity contribution >= 4 is 17.2 Å². The molecule has 0 fully saturated rings. The molecule has 2 aromatic heterocycles. The molecular formula is C7H8N4S. The minimum Gasteiger partial charge on any atom is -0.381 e. The molecule has 2 rings (SSSR count). The van der Waals surface area contributed by atoms with Crippen LogP contribution in [0.4, 0.5) is 5.82 Å². The van der Waals surface area contributed by atoms with Crippen LogP contribution in [0.25, 0.3) is 0 Å². The number of thiophene rings is 1. The van der Waals surface area contributed by atoms with Gasteiger partial charge >= 0.3 is 0 Å². The molecule has 2 heterocycles. The van der Waals surface area contributed by atoms with E-state index in [4.69, 9.17) is 5.73 Å². The van der Waals surface area contributed by atoms with Crippen molar-refractivity contribution < 1.29 is 0 Å². The van der Waals surface area contributed by atoms with Crippen LogP contribution in [0.3, 0.4) is 0 Å². The van der Waals surface area contributed by atoms with Crippen molar-refractivity contribution in [1.29, 1.82) is 0 Å². The van der Waals surface area contributed by atoms with Crippen LogP contribution in [-0.2, 0) is 6.54 Å². The molecule has 12 heavy (non-hydrogen) atoms. The van der Waals surface area contributed by atoms with Gasteiger partial charge in [0.05, 0.1) is 12.7 Å². The summed E-state index contributed by atoms with van der Waals surface area (Å²) in [5.74, 6) is 0.464. The number of nitrogens with two attached hydrogens (primary N) is 1. The van der Waals surface area contributed by atoms with E-state index in [1.54, 1.807) is 22.2 Å². The summed E-state index contributed by atoms with van der Waals surface area (Å²) in [7, 11) is 0. The maximum Gasteiger partial charge on any atom is 0.165 e. The number of hydrogen-bond donors (Lipinski definition) is 1. The standard InChI is InChI=1S/C7H8N4S/c8-7-5-11(10-9-7)4-6-2-1-3-12-6/h1-3,5H,4,8H2. The van der Waals surface area contributed by atoms with Crippen molar-refractivity contribution in [2.75, 3.05) is 5.73 Å². The van der Waals surface area contributed by atoms with E-state index in [2.05, 4.69) is 16.4 Å². The van der Waals surface area contributed by atoms with Gasteiger partial charge in [0, 0.05) is 4.88 Å². The first kappa shape index (κ1) is 7.30. The number of nitrogen functional groups attached to an aromatic ring is 1. The molecule has 0 aromatic carbocycles. The molecule has 2 aromatic rings. The lowest BCUT2D eigenvalue weighted by atomic mass is 10.5. The van der Waals surface area contributed by atoms with Gasteiger partial charge in [-0.1, -0.05) is 11.3 Å². The molecular weight excluding hydrogens is 172 g/mol. The second kappa shape index (κ2) is 2.94. The average molecular weight is 180 g/mol. The van der Waals surface area contributed by atoms with Crippen molar-refractivity contribution in [2.45, 2.75) is 6.54 Å². The van der Waals surface area contributed by atoms with E-state index in [0.717, 1.165) is 6.54 Å². The molecule has 0 radical (unpaired) electrons. The minimum absolute atomic E-state index is 0.464. The maximum atomic E-state index is 5.42. The Balaban J connectivity index is 2.14. The zero-order valence-corrected chi connectivity index (χ0v) is 7.16. The summed E-state index contributed by atoms with van der Waals surface area (Å²) in [6.07, 6.45) is 1.72. The molecule has 0 aliphatic rings. The van der Waals surface area contributed by atoms with Crippen LogP contribution in [0.1, 0.15) is 4.88 Å². The van der Waals surface area contributed by atoms with Crippen molar-refractivity contribution in [3.8, 4) is 0 Å². The Morgan fingerprint density at radius 1 is 1.58 bits per heavy atom. The summed E-state index contributed by atoms with van der Waals surface area (Å²) in [5, 5.41) is 9.57. The molecule has 0 aliphatic heterocycles. The summed E-state index contributed by atoms with van der Waals surface area (Å²) in [5.41, 5.74) is 5.42. The molecule has 2 N–H and O–H groups in total. The normalized spacial score (nSPS) is 10.3. The molecule has 0 saturated carbocycles. The highest BCUT2D eigenvalue weighted by molar-refractivity contribution is 7.09. The van der Waals surface area contributed by atoms with E-state index < -0.39 is 0 Å². The van der Waals surface area contributed by atoms with Crippen LogP contribution in [0.5, 0.6) is 0 Å². The van der Waals surface area contributed by atoms with Gasteiger partial charge in [-0.15, -0.1) is 16.4 Å². The van der Waals surface area contributed by atoms with E-state index in [1.165, 1.54) is 4.88 Å². The van der Waals surface area contributed by atoms with E-state index >= 15 is 0 Å². The van der Waals surface area contributed by atoms with Crippen LogP contribution in [-0.4, -0.2) is 15.0 Å². The highest BCUT2D eigenvalue weighted by Crippen LogP contribution is 2.09. The van der Waals surface area contributed by atoms with Gasteiger partial charge in [-0.2, -0.15) is 0 Å². The first-order valence-electron chi connectivity index (χ1n) is 3.52. The fourth-order valence-corrected chi connectivity index (χ4v) is 1.65. The largest absolute Gasteiger partial charge is 0.381 e. The molecule has 0 aliphatic carbocycles. The third kappa shape index (κ3) is 1.45. The highest BCUT2D eigenvalue weighted by atomic mass is 32.1. The first-order chi connectivity index (χ1) is 5.84. The monoisotopic (exact) mass is 180 g/mol. The fourth-order valence-electron chi connectivity index (χ4n) is 0.953. The predicted octanol–water partition coefficient (Wildman–Crippen LogP) is 0.970. The first-order valence-corrected chi connectivity index (χ1v) is 4.40. The third-order valence-corrected chi connectivity index (χ3v) is 2.32. The van der Waals surface area contributed by atoms with Gasteiger partial charge in [0.1, 0.15) is 0 Å². The molecule has 4 nitrogen and oxygen atoms in total. The van der Waals surface area contributed by atoms with Gasteiger partial charge in [-0.25, -0.2) is 4.68 Å². The van der Waals surface area contributed by atoms with Crippen molar-refractivity contribution in [2.24, 2.45) is 0 Å². The van der Waals surface area contributed by atoms with Gasteiger partial charge in [0.15, 0.2) is 5.82 Å². The van der Waals surface area contributed by atoms with Gasteiger partial charge in [0.2, 0.25) is 0 Å². The van der Waals surface area contributed by atoms with Crippen LogP contribution in [0.15, 0.2) is 23.7 Å². The predicted molar refractivity (Wildman–Crippen MR) is 47.9 cm³/mol. The summed E-state index contributed by atoms with van der Waals surface area (Å²) >= 11 is 1.70. The Bertz CT molecular complexity index is 351. The fraction of sp³-hybridized carbons (Fsp3) is 0.143. The molecule has 5 heteroatoms. The van der Waals surface area contributed by atoms with E-state index in [9.17, 15) is 0 Å². The van der Waals surface area contributed by atoms with Gasteiger partial charge in [-0.05, 0) is 11.4 Å². The Morgan fingerprint density at radius 3 is 3.08 bits per heavy atom. The van der Waals surface area contributed by atoms with Crippen molar-refractivity contribution in [1.82, 2.24) is 15.0 Å². The smallest absolute Gasteiger partial charge is 0.165 e. The van der Waals surface area contributed by atoms with Gasteiger partial charge in [0.25, 0.3) is 0 Å². The lowest BCUT2D eigenvalue weighted by molar-refractivity contribution is 0.656. The summed E-state index contributed by atoms with van der Waals surface area (Å²) in [6.45, 7) is 0.752. The van der Waals surface area contributed by atoms with Crippen molar-refractivity contribution in [3.63, 3.8) is 0 Å². The van der Waals surface area contributed by atoms with Crippen LogP contribution in [0.2, 0.25) is 0 Å². The molecule has 0 atom stereocenters. The number of hydrogen-bond acceptors (Lipinski definition) is 4. The minimum atomic E-state index is 0.464. The molecule has 0 amide bonds. The Kier molecular flexibility index (Phi) is 1.79. The van der Waals surface area contributed by atoms with E-state index in [0.29, 0.717) is 5.82 Å². The van der Waals surface area contributed by atoms with Gasteiger partial charge in [-0.3, -0.25) is 0 Å². The summed E-state index contributed by atoms with van der Waals surface area (Å²) in [4.78, 5) is 1.25. The SMILES string of the molecule is Nc1cn(Cc2cccs2)nn1. The second-order valence-electron chi connectivity index (χ2n) is 2.42. The highest BCUT2D eigenvalue weighted by Gasteiger charge is 1.97. The Labute approximate surface area is 73.6 Å². The average Bonchev–Trinajstić information content (AvgIpc) is 2.63. The lowest BCUT2D eigenvalue weighted by Crippen LogP contribution is -1.97. The van der Waals surface area contributed by atoms with Crippen LogP contribution in [0, 0.1) is 0 Å². The molecule has 62 valence electrons. The number of rotatable bonds is 2. The number of aromatic nitrogens is 3. The third-order valence-electron chi connectivity index (χ3n) is 1.45. The van der Waals surface area contributed by atoms with E-state index in [1.807, 2.05) is 11.4 Å². The Morgan fingerprint density at radius 2 is 2.50 bits per heavy atom. The second-order valence-corrected chi connectivity index (χ2v) is 3.45. The zero-order valence-electron chi connectivity index (χ0n) is 6.34. The van der Waals surface area contributed by atoms with Crippen molar-refractivity contribution in [3.05, 3.63) is 28.6 Å². The Hall–Kier alpha value is -1.36. The zero-order chi connectivity index (χ0) is 8.39. The molecule has 0 saturated heterocycles. The lowest BCUT2D eigenvalue weighted by Gasteiger charge is -1.94. The summed E-state index contributed by atoms with van der Waals surface area (Å²) in [6, 6.07) is 4.07. The van der Waals surface area contributed by atoms with Gasteiger partial charge < -0.3 is 5.73 Å². The molecule has 0 bridgehead atoms. The molecule has 0 unspecified atom stereocenters. The topological polar surface area (TPSA) is 56.7 Å².